The molecule has 0 spiro atoms. The molecule has 1 heterocycles. The fourth-order valence-corrected chi connectivity index (χ4v) is 3.04. The van der Waals surface area contributed by atoms with Gasteiger partial charge in [-0.2, -0.15) is 0 Å². The van der Waals surface area contributed by atoms with Gasteiger partial charge >= 0.3 is 0 Å². The van der Waals surface area contributed by atoms with Crippen LogP contribution < -0.4 is 15.4 Å². The molecule has 4 nitrogen and oxygen atoms in total. The number of carbonyl (C=O) groups excluding carboxylic acids is 1. The summed E-state index contributed by atoms with van der Waals surface area (Å²) in [5.41, 5.74) is 0.708. The molecule has 0 radical (unpaired) electrons. The molecule has 2 atom stereocenters. The molecule has 1 aromatic carbocycles. The SMILES string of the molecule is COc1ccc(NC(=O)CC(C)C2CCCNC2)cc1Cl. The standard InChI is InChI=1S/C16H23ClN2O2/c1-11(12-4-3-7-18-10-12)8-16(20)19-13-5-6-15(21-2)14(17)9-13/h5-6,9,11-12,18H,3-4,7-8,10H2,1-2H3,(H,19,20). The predicted molar refractivity (Wildman–Crippen MR) is 86.0 cm³/mol. The number of hydrogen-bond acceptors (Lipinski definition) is 3. The molecular formula is C16H23ClN2O2. The molecule has 0 saturated carbocycles. The molecule has 5 heteroatoms. The van der Waals surface area contributed by atoms with Crippen LogP contribution in [-0.2, 0) is 4.79 Å². The Morgan fingerprint density at radius 2 is 2.38 bits per heavy atom. The third-order valence-electron chi connectivity index (χ3n) is 4.08. The maximum absolute atomic E-state index is 12.1. The van der Waals surface area contributed by atoms with Crippen LogP contribution in [0, 0.1) is 11.8 Å². The first-order valence-corrected chi connectivity index (χ1v) is 7.82. The molecule has 0 bridgehead atoms. The zero-order chi connectivity index (χ0) is 15.2. The Morgan fingerprint density at radius 3 is 3.00 bits per heavy atom. The molecule has 1 amide bonds. The van der Waals surface area contributed by atoms with Crippen LogP contribution in [-0.4, -0.2) is 26.1 Å². The largest absolute Gasteiger partial charge is 0.495 e. The van der Waals surface area contributed by atoms with Crippen molar-refractivity contribution in [1.82, 2.24) is 5.32 Å². The molecule has 1 aliphatic rings. The maximum Gasteiger partial charge on any atom is 0.224 e. The smallest absolute Gasteiger partial charge is 0.224 e. The van der Waals surface area contributed by atoms with Crippen LogP contribution >= 0.6 is 11.6 Å². The minimum Gasteiger partial charge on any atom is -0.495 e. The Balaban J connectivity index is 1.87. The summed E-state index contributed by atoms with van der Waals surface area (Å²) in [6, 6.07) is 5.27. The lowest BCUT2D eigenvalue weighted by molar-refractivity contribution is -0.117. The second-order valence-corrected chi connectivity index (χ2v) is 6.09. The van der Waals surface area contributed by atoms with Gasteiger partial charge in [0.2, 0.25) is 5.91 Å². The van der Waals surface area contributed by atoms with Crippen molar-refractivity contribution in [3.63, 3.8) is 0 Å². The number of halogens is 1. The highest BCUT2D eigenvalue weighted by Gasteiger charge is 2.22. The predicted octanol–water partition coefficient (Wildman–Crippen LogP) is 3.31. The monoisotopic (exact) mass is 310 g/mol. The van der Waals surface area contributed by atoms with Crippen molar-refractivity contribution < 1.29 is 9.53 Å². The minimum absolute atomic E-state index is 0.0364. The van der Waals surface area contributed by atoms with Crippen LogP contribution in [0.2, 0.25) is 5.02 Å². The summed E-state index contributed by atoms with van der Waals surface area (Å²) in [7, 11) is 1.57. The Bertz CT molecular complexity index is 487. The average Bonchev–Trinajstić information content (AvgIpc) is 2.48. The number of nitrogens with one attached hydrogen (secondary N) is 2. The number of benzene rings is 1. The van der Waals surface area contributed by atoms with Gasteiger partial charge in [0.15, 0.2) is 0 Å². The lowest BCUT2D eigenvalue weighted by Gasteiger charge is -2.28. The first-order chi connectivity index (χ1) is 10.1. The van der Waals surface area contributed by atoms with E-state index in [0.717, 1.165) is 13.1 Å². The van der Waals surface area contributed by atoms with Crippen LogP contribution in [0.3, 0.4) is 0 Å². The molecule has 2 unspecified atom stereocenters. The third kappa shape index (κ3) is 4.61. The third-order valence-corrected chi connectivity index (χ3v) is 4.38. The first kappa shape index (κ1) is 16.1. The number of hydrogen-bond donors (Lipinski definition) is 2. The van der Waals surface area contributed by atoms with E-state index in [9.17, 15) is 4.79 Å². The van der Waals surface area contributed by atoms with E-state index < -0.39 is 0 Å². The normalized spacial score (nSPS) is 19.9. The van der Waals surface area contributed by atoms with Crippen LogP contribution in [0.15, 0.2) is 18.2 Å². The van der Waals surface area contributed by atoms with Gasteiger partial charge in [0, 0.05) is 12.1 Å². The molecular weight excluding hydrogens is 288 g/mol. The number of rotatable bonds is 5. The fourth-order valence-electron chi connectivity index (χ4n) is 2.78. The summed E-state index contributed by atoms with van der Waals surface area (Å²) in [6.07, 6.45) is 2.94. The number of anilines is 1. The zero-order valence-corrected chi connectivity index (χ0v) is 13.4. The van der Waals surface area contributed by atoms with Crippen molar-refractivity contribution in [2.45, 2.75) is 26.2 Å². The molecule has 0 aliphatic carbocycles. The summed E-state index contributed by atoms with van der Waals surface area (Å²) in [6.45, 7) is 4.26. The van der Waals surface area contributed by atoms with E-state index in [1.54, 1.807) is 25.3 Å². The van der Waals surface area contributed by atoms with Gasteiger partial charge in [-0.25, -0.2) is 0 Å². The molecule has 116 valence electrons. The molecule has 1 fully saturated rings. The Hall–Kier alpha value is -1.26. The van der Waals surface area contributed by atoms with Crippen molar-refractivity contribution in [2.24, 2.45) is 11.8 Å². The lowest BCUT2D eigenvalue weighted by atomic mass is 9.85. The van der Waals surface area contributed by atoms with E-state index in [2.05, 4.69) is 17.6 Å². The summed E-state index contributed by atoms with van der Waals surface area (Å²) in [5.74, 6) is 1.61. The van der Waals surface area contributed by atoms with Gasteiger partial charge < -0.3 is 15.4 Å². The number of carbonyl (C=O) groups is 1. The topological polar surface area (TPSA) is 50.4 Å². The molecule has 1 aliphatic heterocycles. The van der Waals surface area contributed by atoms with Crippen LogP contribution in [0.1, 0.15) is 26.2 Å². The summed E-state index contributed by atoms with van der Waals surface area (Å²) >= 11 is 6.06. The van der Waals surface area contributed by atoms with Gasteiger partial charge in [0.05, 0.1) is 12.1 Å². The first-order valence-electron chi connectivity index (χ1n) is 7.44. The summed E-state index contributed by atoms with van der Waals surface area (Å²) in [5, 5.41) is 6.80. The highest BCUT2D eigenvalue weighted by molar-refractivity contribution is 6.32. The minimum atomic E-state index is 0.0364. The number of piperidine rings is 1. The van der Waals surface area contributed by atoms with E-state index in [1.807, 2.05) is 0 Å². The highest BCUT2D eigenvalue weighted by atomic mass is 35.5. The van der Waals surface area contributed by atoms with E-state index in [-0.39, 0.29) is 5.91 Å². The van der Waals surface area contributed by atoms with Crippen molar-refractivity contribution in [3.05, 3.63) is 23.2 Å². The number of amides is 1. The van der Waals surface area contributed by atoms with Crippen molar-refractivity contribution in [1.29, 1.82) is 0 Å². The second-order valence-electron chi connectivity index (χ2n) is 5.69. The van der Waals surface area contributed by atoms with Gasteiger partial charge in [0.25, 0.3) is 0 Å². The summed E-state index contributed by atoms with van der Waals surface area (Å²) in [4.78, 5) is 12.1. The van der Waals surface area contributed by atoms with Gasteiger partial charge in [-0.1, -0.05) is 18.5 Å². The second kappa shape index (κ2) is 7.66. The van der Waals surface area contributed by atoms with Crippen molar-refractivity contribution in [2.75, 3.05) is 25.5 Å². The molecule has 2 N–H and O–H groups in total. The highest BCUT2D eigenvalue weighted by Crippen LogP contribution is 2.28. The van der Waals surface area contributed by atoms with E-state index >= 15 is 0 Å². The fraction of sp³-hybridized carbons (Fsp3) is 0.562. The van der Waals surface area contributed by atoms with Gasteiger partial charge in [0.1, 0.15) is 5.75 Å². The molecule has 1 saturated heterocycles. The van der Waals surface area contributed by atoms with Crippen molar-refractivity contribution >= 4 is 23.2 Å². The van der Waals surface area contributed by atoms with Gasteiger partial charge in [-0.05, 0) is 56.0 Å². The van der Waals surface area contributed by atoms with Crippen molar-refractivity contribution in [3.8, 4) is 5.75 Å². The molecule has 0 aromatic heterocycles. The maximum atomic E-state index is 12.1. The zero-order valence-electron chi connectivity index (χ0n) is 12.6. The molecule has 1 aromatic rings. The number of methoxy groups -OCH3 is 1. The average molecular weight is 311 g/mol. The van der Waals surface area contributed by atoms with Crippen LogP contribution in [0.25, 0.3) is 0 Å². The van der Waals surface area contributed by atoms with Gasteiger partial charge in [-0.15, -0.1) is 0 Å². The van der Waals surface area contributed by atoms with E-state index in [1.165, 1.54) is 12.8 Å². The summed E-state index contributed by atoms with van der Waals surface area (Å²) < 4.78 is 5.10. The lowest BCUT2D eigenvalue weighted by Crippen LogP contribution is -2.34. The van der Waals surface area contributed by atoms with Crippen LogP contribution in [0.5, 0.6) is 5.75 Å². The quantitative estimate of drug-likeness (QED) is 0.877. The van der Waals surface area contributed by atoms with E-state index in [4.69, 9.17) is 16.3 Å². The molecule has 2 rings (SSSR count). The van der Waals surface area contributed by atoms with Gasteiger partial charge in [-0.3, -0.25) is 4.79 Å². The molecule has 21 heavy (non-hydrogen) atoms. The van der Waals surface area contributed by atoms with E-state index in [0.29, 0.717) is 34.7 Å². The Kier molecular flexibility index (Phi) is 5.88. The Labute approximate surface area is 131 Å². The number of ether oxygens (including phenoxy) is 1. The van der Waals surface area contributed by atoms with Crippen LogP contribution in [0.4, 0.5) is 5.69 Å². The Morgan fingerprint density at radius 1 is 1.57 bits per heavy atom.